The summed E-state index contributed by atoms with van der Waals surface area (Å²) in [6.07, 6.45) is 27.6. The van der Waals surface area contributed by atoms with Gasteiger partial charge in [0, 0.05) is 23.7 Å². The minimum atomic E-state index is -0.199. The number of hydrogen-bond donors (Lipinski definition) is 2. The zero-order chi connectivity index (χ0) is 43.8. The molecule has 17 atom stereocenters. The van der Waals surface area contributed by atoms with E-state index >= 15 is 0 Å². The van der Waals surface area contributed by atoms with Crippen molar-refractivity contribution in [2.24, 2.45) is 97.6 Å². The molecule has 7 saturated carbocycles. The molecule has 0 aromatic carbocycles. The lowest BCUT2D eigenvalue weighted by Gasteiger charge is -2.61. The molecule has 0 aromatic rings. The minimum Gasteiger partial charge on any atom is -0.393 e. The van der Waals surface area contributed by atoms with Gasteiger partial charge >= 0.3 is 0 Å². The Morgan fingerprint density at radius 1 is 0.600 bits per heavy atom. The average molecular weight is 831 g/mol. The molecule has 7 fully saturated rings. The van der Waals surface area contributed by atoms with Crippen LogP contribution in [-0.4, -0.2) is 34.0 Å². The van der Waals surface area contributed by atoms with E-state index in [1.54, 1.807) is 5.57 Å². The molecule has 8 aliphatic carbocycles. The molecule has 0 bridgehead atoms. The van der Waals surface area contributed by atoms with Crippen molar-refractivity contribution in [2.45, 2.75) is 230 Å². The summed E-state index contributed by atoms with van der Waals surface area (Å²) in [6.45, 7) is 27.6. The topological polar surface area (TPSA) is 74.6 Å². The molecule has 8 rings (SSSR count). The van der Waals surface area contributed by atoms with Crippen LogP contribution in [0.1, 0.15) is 218 Å². The molecule has 0 aliphatic heterocycles. The maximum Gasteiger partial charge on any atom is 0.138 e. The van der Waals surface area contributed by atoms with Crippen LogP contribution in [0.3, 0.4) is 0 Å². The number of fused-ring (bicyclic) bond motifs is 10. The first-order valence-electron chi connectivity index (χ1n) is 26.1. The van der Waals surface area contributed by atoms with Crippen molar-refractivity contribution in [3.05, 3.63) is 11.6 Å². The molecule has 8 aliphatic rings. The highest BCUT2D eigenvalue weighted by atomic mass is 16.3. The quantitative estimate of drug-likeness (QED) is 0.239. The van der Waals surface area contributed by atoms with Gasteiger partial charge in [0.25, 0.3) is 0 Å². The van der Waals surface area contributed by atoms with Gasteiger partial charge in [-0.2, -0.15) is 0 Å². The summed E-state index contributed by atoms with van der Waals surface area (Å²) in [7, 11) is 0. The largest absolute Gasteiger partial charge is 0.393 e. The Balaban J connectivity index is 0.000000181. The molecular formula is C56H94O4. The number of allylic oxidation sites excluding steroid dienone is 1. The fourth-order valence-electron chi connectivity index (χ4n) is 17.7. The van der Waals surface area contributed by atoms with E-state index < -0.39 is 0 Å². The predicted octanol–water partition coefficient (Wildman–Crippen LogP) is 14.0. The van der Waals surface area contributed by atoms with E-state index in [0.29, 0.717) is 45.1 Å². The van der Waals surface area contributed by atoms with Crippen LogP contribution in [0.15, 0.2) is 11.6 Å². The summed E-state index contributed by atoms with van der Waals surface area (Å²) in [5.41, 5.74) is 2.95. The van der Waals surface area contributed by atoms with E-state index in [9.17, 15) is 19.8 Å². The van der Waals surface area contributed by atoms with Crippen molar-refractivity contribution in [1.82, 2.24) is 0 Å². The van der Waals surface area contributed by atoms with Crippen LogP contribution in [0.25, 0.3) is 0 Å². The van der Waals surface area contributed by atoms with Crippen LogP contribution in [0.2, 0.25) is 0 Å². The minimum absolute atomic E-state index is 0.0407. The number of hydrogen-bond acceptors (Lipinski definition) is 4. The smallest absolute Gasteiger partial charge is 0.138 e. The van der Waals surface area contributed by atoms with Gasteiger partial charge in [0.2, 0.25) is 0 Å². The van der Waals surface area contributed by atoms with Crippen molar-refractivity contribution in [1.29, 1.82) is 0 Å². The standard InChI is InChI=1S/C28H48O2.C28H46O2/c2*1-18(7-12-25(30)26(2,3)4)22-10-11-23-21-9-8-19-17-20(29)13-15-27(19,5)24(21)14-16-28(22,23)6/h18-24,29H,7-17H2,1-6H3;8,18,20-24,29H,7,9-17H2,1-6H3/t18-,19-,20-,21+,22-,23+,24+,27+,28-;18-,20-,21+,22-,23+,24+,27+,28-/m11/s1. The zero-order valence-corrected chi connectivity index (χ0v) is 41.1. The molecule has 0 saturated heterocycles. The molecule has 0 amide bonds. The van der Waals surface area contributed by atoms with Gasteiger partial charge in [0.05, 0.1) is 12.2 Å². The fraction of sp³-hybridized carbons (Fsp3) is 0.929. The van der Waals surface area contributed by atoms with Crippen LogP contribution in [-0.2, 0) is 9.59 Å². The zero-order valence-electron chi connectivity index (χ0n) is 41.1. The van der Waals surface area contributed by atoms with E-state index in [2.05, 4.69) is 89.2 Å². The van der Waals surface area contributed by atoms with Gasteiger partial charge in [0.1, 0.15) is 11.6 Å². The second-order valence-corrected chi connectivity index (χ2v) is 26.6. The molecule has 4 nitrogen and oxygen atoms in total. The number of ketones is 2. The lowest BCUT2D eigenvalue weighted by Crippen LogP contribution is -2.54. The predicted molar refractivity (Wildman–Crippen MR) is 248 cm³/mol. The third kappa shape index (κ3) is 8.50. The summed E-state index contributed by atoms with van der Waals surface area (Å²) >= 11 is 0. The maximum absolute atomic E-state index is 12.5. The van der Waals surface area contributed by atoms with Crippen LogP contribution in [0, 0.1) is 97.6 Å². The highest BCUT2D eigenvalue weighted by Crippen LogP contribution is 2.69. The lowest BCUT2D eigenvalue weighted by atomic mass is 9.44. The van der Waals surface area contributed by atoms with Crippen LogP contribution in [0.5, 0.6) is 0 Å². The Kier molecular flexibility index (Phi) is 13.4. The number of carbonyl (C=O) groups is 2. The molecular weight excluding hydrogens is 737 g/mol. The van der Waals surface area contributed by atoms with E-state index in [-0.39, 0.29) is 23.0 Å². The van der Waals surface area contributed by atoms with Gasteiger partial charge in [-0.1, -0.05) is 94.7 Å². The number of rotatable bonds is 8. The second kappa shape index (κ2) is 17.1. The highest BCUT2D eigenvalue weighted by molar-refractivity contribution is 5.84. The van der Waals surface area contributed by atoms with Gasteiger partial charge in [-0.3, -0.25) is 9.59 Å². The first kappa shape index (κ1) is 47.0. The Morgan fingerprint density at radius 2 is 1.08 bits per heavy atom. The van der Waals surface area contributed by atoms with E-state index in [1.807, 2.05) is 0 Å². The molecule has 4 heteroatoms. The molecule has 0 spiro atoms. The Hall–Kier alpha value is -1.00. The molecule has 0 unspecified atom stereocenters. The van der Waals surface area contributed by atoms with E-state index in [1.165, 1.54) is 83.5 Å². The van der Waals surface area contributed by atoms with Crippen molar-refractivity contribution in [3.8, 4) is 0 Å². The molecule has 0 aromatic heterocycles. The summed E-state index contributed by atoms with van der Waals surface area (Å²) in [4.78, 5) is 25.0. The molecule has 2 N–H and O–H groups in total. The Morgan fingerprint density at radius 3 is 1.63 bits per heavy atom. The van der Waals surface area contributed by atoms with E-state index in [0.717, 1.165) is 105 Å². The number of Topliss-reactive ketones (excluding diaryl/α,β-unsaturated/α-hetero) is 2. The SMILES string of the molecule is C[C@H](CCC(=O)C(C)(C)C)[C@H]1CC[C@H]2[C@@H]3CC=C4C[C@H](O)CC[C@]4(C)[C@H]3CC[C@]12C.C[C@H](CCC(=O)C(C)(C)C)[C@H]1CC[C@H]2[C@@H]3CC[C@@H]4C[C@H](O)CC[C@]4(C)[C@H]3CC[C@]12C. The number of aliphatic hydroxyl groups is 2. The van der Waals surface area contributed by atoms with Crippen molar-refractivity contribution >= 4 is 11.6 Å². The molecule has 60 heavy (non-hydrogen) atoms. The summed E-state index contributed by atoms with van der Waals surface area (Å²) < 4.78 is 0. The highest BCUT2D eigenvalue weighted by Gasteiger charge is 2.61. The third-order valence-corrected chi connectivity index (χ3v) is 21.6. The number of carbonyl (C=O) groups excluding carboxylic acids is 2. The van der Waals surface area contributed by atoms with Gasteiger partial charge in [-0.15, -0.1) is 0 Å². The van der Waals surface area contributed by atoms with Crippen LogP contribution < -0.4 is 0 Å². The van der Waals surface area contributed by atoms with Crippen molar-refractivity contribution in [3.63, 3.8) is 0 Å². The van der Waals surface area contributed by atoms with Gasteiger partial charge in [0.15, 0.2) is 0 Å². The lowest BCUT2D eigenvalue weighted by molar-refractivity contribution is -0.130. The third-order valence-electron chi connectivity index (χ3n) is 21.6. The summed E-state index contributed by atoms with van der Waals surface area (Å²) in [5.74, 6) is 9.71. The second-order valence-electron chi connectivity index (χ2n) is 26.6. The van der Waals surface area contributed by atoms with Crippen LogP contribution >= 0.6 is 0 Å². The van der Waals surface area contributed by atoms with E-state index in [4.69, 9.17) is 0 Å². The van der Waals surface area contributed by atoms with Gasteiger partial charge in [-0.05, 0) is 209 Å². The average Bonchev–Trinajstić information content (AvgIpc) is 3.72. The van der Waals surface area contributed by atoms with Crippen LogP contribution in [0.4, 0.5) is 0 Å². The maximum atomic E-state index is 12.5. The Bertz CT molecular complexity index is 1580. The fourth-order valence-corrected chi connectivity index (χ4v) is 17.7. The number of aliphatic hydroxyl groups excluding tert-OH is 2. The molecule has 0 heterocycles. The molecule has 342 valence electrons. The summed E-state index contributed by atoms with van der Waals surface area (Å²) in [5, 5.41) is 20.5. The van der Waals surface area contributed by atoms with Crippen molar-refractivity contribution < 1.29 is 19.8 Å². The first-order chi connectivity index (χ1) is 27.9. The monoisotopic (exact) mass is 831 g/mol. The van der Waals surface area contributed by atoms with Gasteiger partial charge < -0.3 is 10.2 Å². The Labute approximate surface area is 369 Å². The first-order valence-corrected chi connectivity index (χ1v) is 26.1. The normalized spacial score (nSPS) is 45.8. The summed E-state index contributed by atoms with van der Waals surface area (Å²) in [6, 6.07) is 0. The van der Waals surface area contributed by atoms with Gasteiger partial charge in [-0.25, -0.2) is 0 Å². The molecule has 0 radical (unpaired) electrons. The van der Waals surface area contributed by atoms with Crippen molar-refractivity contribution in [2.75, 3.05) is 0 Å².